The molecule has 0 radical (unpaired) electrons. The van der Waals surface area contributed by atoms with E-state index in [0.29, 0.717) is 0 Å². The monoisotopic (exact) mass is 193 g/mol. The van der Waals surface area contributed by atoms with Crippen LogP contribution in [0.3, 0.4) is 0 Å². The molecule has 1 N–H and O–H groups in total. The number of aromatic nitrogens is 2. The summed E-state index contributed by atoms with van der Waals surface area (Å²) in [6.07, 6.45) is 6.05. The fraction of sp³-hybridized carbons (Fsp3) is 0.727. The van der Waals surface area contributed by atoms with Crippen LogP contribution in [0.15, 0.2) is 12.3 Å². The van der Waals surface area contributed by atoms with Crippen LogP contribution in [0.1, 0.15) is 25.0 Å². The highest BCUT2D eigenvalue weighted by Crippen LogP contribution is 2.14. The van der Waals surface area contributed by atoms with Gasteiger partial charge in [-0.1, -0.05) is 0 Å². The molecule has 3 nitrogen and oxygen atoms in total. The Hall–Kier alpha value is -0.830. The minimum Gasteiger partial charge on any atom is -0.316 e. The molecule has 3 heteroatoms. The second-order valence-corrected chi connectivity index (χ2v) is 4.22. The first-order chi connectivity index (χ1) is 6.84. The summed E-state index contributed by atoms with van der Waals surface area (Å²) < 4.78 is 2.06. The van der Waals surface area contributed by atoms with E-state index in [4.69, 9.17) is 0 Å². The van der Waals surface area contributed by atoms with E-state index in [1.807, 2.05) is 6.92 Å². The van der Waals surface area contributed by atoms with E-state index in [1.54, 1.807) is 0 Å². The van der Waals surface area contributed by atoms with Crippen molar-refractivity contribution in [2.24, 2.45) is 5.92 Å². The molecular formula is C11H19N3. The van der Waals surface area contributed by atoms with Gasteiger partial charge in [-0.25, -0.2) is 0 Å². The third-order valence-corrected chi connectivity index (χ3v) is 2.94. The molecule has 1 aliphatic rings. The molecule has 1 saturated heterocycles. The van der Waals surface area contributed by atoms with Crippen molar-refractivity contribution in [3.63, 3.8) is 0 Å². The second kappa shape index (κ2) is 4.60. The highest BCUT2D eigenvalue weighted by Gasteiger charge is 2.12. The van der Waals surface area contributed by atoms with Gasteiger partial charge in [0.25, 0.3) is 0 Å². The molecule has 1 aromatic heterocycles. The molecule has 0 aliphatic carbocycles. The summed E-state index contributed by atoms with van der Waals surface area (Å²) in [6.45, 7) is 5.51. The lowest BCUT2D eigenvalue weighted by atomic mass is 9.96. The highest BCUT2D eigenvalue weighted by molar-refractivity contribution is 4.94. The Bertz CT molecular complexity index is 274. The van der Waals surface area contributed by atoms with E-state index in [1.165, 1.54) is 32.4 Å². The maximum atomic E-state index is 4.39. The average molecular weight is 193 g/mol. The Balaban J connectivity index is 1.76. The van der Waals surface area contributed by atoms with Gasteiger partial charge in [0, 0.05) is 12.7 Å². The first kappa shape index (κ1) is 9.71. The largest absolute Gasteiger partial charge is 0.316 e. The van der Waals surface area contributed by atoms with E-state index >= 15 is 0 Å². The van der Waals surface area contributed by atoms with Gasteiger partial charge in [0.15, 0.2) is 0 Å². The van der Waals surface area contributed by atoms with Gasteiger partial charge in [-0.3, -0.25) is 4.68 Å². The third-order valence-electron chi connectivity index (χ3n) is 2.94. The zero-order valence-electron chi connectivity index (χ0n) is 8.87. The topological polar surface area (TPSA) is 29.9 Å². The van der Waals surface area contributed by atoms with Crippen LogP contribution in [0.2, 0.25) is 0 Å². The summed E-state index contributed by atoms with van der Waals surface area (Å²) in [5.74, 6) is 0.855. The van der Waals surface area contributed by atoms with Gasteiger partial charge >= 0.3 is 0 Å². The van der Waals surface area contributed by atoms with Crippen molar-refractivity contribution < 1.29 is 0 Å². The van der Waals surface area contributed by atoms with Gasteiger partial charge in [-0.2, -0.15) is 5.10 Å². The van der Waals surface area contributed by atoms with Crippen LogP contribution in [0.5, 0.6) is 0 Å². The average Bonchev–Trinajstić information content (AvgIpc) is 2.63. The van der Waals surface area contributed by atoms with Crippen LogP contribution in [-0.2, 0) is 6.54 Å². The van der Waals surface area contributed by atoms with Crippen LogP contribution in [0.25, 0.3) is 0 Å². The quantitative estimate of drug-likeness (QED) is 0.790. The Morgan fingerprint density at radius 2 is 2.57 bits per heavy atom. The predicted molar refractivity (Wildman–Crippen MR) is 57.2 cm³/mol. The van der Waals surface area contributed by atoms with E-state index in [9.17, 15) is 0 Å². The molecule has 1 aromatic rings. The molecular weight excluding hydrogens is 174 g/mol. The Morgan fingerprint density at radius 3 is 3.21 bits per heavy atom. The summed E-state index contributed by atoms with van der Waals surface area (Å²) >= 11 is 0. The molecule has 14 heavy (non-hydrogen) atoms. The summed E-state index contributed by atoms with van der Waals surface area (Å²) in [5, 5.41) is 7.84. The first-order valence-electron chi connectivity index (χ1n) is 5.55. The molecule has 2 heterocycles. The van der Waals surface area contributed by atoms with Crippen molar-refractivity contribution in [2.75, 3.05) is 13.1 Å². The first-order valence-corrected chi connectivity index (χ1v) is 5.55. The maximum absolute atomic E-state index is 4.39. The fourth-order valence-electron chi connectivity index (χ4n) is 2.07. The molecule has 78 valence electrons. The number of nitrogens with one attached hydrogen (secondary N) is 1. The summed E-state index contributed by atoms with van der Waals surface area (Å²) in [5.41, 5.74) is 1.12. The lowest BCUT2D eigenvalue weighted by Crippen LogP contribution is -2.30. The minimum absolute atomic E-state index is 0.855. The van der Waals surface area contributed by atoms with Crippen LogP contribution in [0.4, 0.5) is 0 Å². The lowest BCUT2D eigenvalue weighted by molar-refractivity contribution is 0.335. The summed E-state index contributed by atoms with van der Waals surface area (Å²) in [7, 11) is 0. The van der Waals surface area contributed by atoms with E-state index in [2.05, 4.69) is 27.4 Å². The van der Waals surface area contributed by atoms with Crippen LogP contribution < -0.4 is 5.32 Å². The van der Waals surface area contributed by atoms with Gasteiger partial charge in [0.05, 0.1) is 5.69 Å². The van der Waals surface area contributed by atoms with Gasteiger partial charge in [-0.05, 0) is 51.3 Å². The molecule has 0 saturated carbocycles. The summed E-state index contributed by atoms with van der Waals surface area (Å²) in [6, 6.07) is 2.07. The van der Waals surface area contributed by atoms with Gasteiger partial charge < -0.3 is 5.32 Å². The van der Waals surface area contributed by atoms with E-state index in [0.717, 1.165) is 18.2 Å². The van der Waals surface area contributed by atoms with Crippen molar-refractivity contribution >= 4 is 0 Å². The molecule has 1 aliphatic heterocycles. The molecule has 0 spiro atoms. The fourth-order valence-corrected chi connectivity index (χ4v) is 2.07. The SMILES string of the molecule is Cc1ccn(CCC2CCCNC2)n1. The second-order valence-electron chi connectivity index (χ2n) is 4.22. The van der Waals surface area contributed by atoms with Gasteiger partial charge in [-0.15, -0.1) is 0 Å². The van der Waals surface area contributed by atoms with Crippen LogP contribution >= 0.6 is 0 Å². The van der Waals surface area contributed by atoms with Crippen LogP contribution in [-0.4, -0.2) is 22.9 Å². The number of piperidine rings is 1. The Morgan fingerprint density at radius 1 is 1.64 bits per heavy atom. The molecule has 0 aromatic carbocycles. The lowest BCUT2D eigenvalue weighted by Gasteiger charge is -2.22. The Kier molecular flexibility index (Phi) is 3.19. The van der Waals surface area contributed by atoms with Crippen molar-refractivity contribution in [1.82, 2.24) is 15.1 Å². The molecule has 1 unspecified atom stereocenters. The van der Waals surface area contributed by atoms with Gasteiger partial charge in [0.2, 0.25) is 0 Å². The van der Waals surface area contributed by atoms with Crippen molar-refractivity contribution in [1.29, 1.82) is 0 Å². The van der Waals surface area contributed by atoms with Crippen molar-refractivity contribution in [3.8, 4) is 0 Å². The zero-order chi connectivity index (χ0) is 9.80. The number of rotatable bonds is 3. The van der Waals surface area contributed by atoms with E-state index in [-0.39, 0.29) is 0 Å². The smallest absolute Gasteiger partial charge is 0.0593 e. The number of hydrogen-bond acceptors (Lipinski definition) is 2. The molecule has 2 rings (SSSR count). The standard InChI is InChI=1S/C11H19N3/c1-10-4-7-14(13-10)8-5-11-3-2-6-12-9-11/h4,7,11-12H,2-3,5-6,8-9H2,1H3. The van der Waals surface area contributed by atoms with Crippen molar-refractivity contribution in [2.45, 2.75) is 32.7 Å². The van der Waals surface area contributed by atoms with Crippen LogP contribution in [0, 0.1) is 12.8 Å². The normalized spacial score (nSPS) is 22.5. The minimum atomic E-state index is 0.855. The maximum Gasteiger partial charge on any atom is 0.0593 e. The Labute approximate surface area is 85.5 Å². The zero-order valence-corrected chi connectivity index (χ0v) is 8.87. The third kappa shape index (κ3) is 2.58. The summed E-state index contributed by atoms with van der Waals surface area (Å²) in [4.78, 5) is 0. The molecule has 1 fully saturated rings. The highest BCUT2D eigenvalue weighted by atomic mass is 15.3. The number of aryl methyl sites for hydroxylation is 2. The molecule has 0 amide bonds. The number of nitrogens with zero attached hydrogens (tertiary/aromatic N) is 2. The molecule has 0 bridgehead atoms. The predicted octanol–water partition coefficient (Wildman–Crippen LogP) is 1.58. The number of hydrogen-bond donors (Lipinski definition) is 1. The van der Waals surface area contributed by atoms with Gasteiger partial charge in [0.1, 0.15) is 0 Å². The van der Waals surface area contributed by atoms with Crippen molar-refractivity contribution in [3.05, 3.63) is 18.0 Å². The van der Waals surface area contributed by atoms with E-state index < -0.39 is 0 Å². The molecule has 1 atom stereocenters.